The summed E-state index contributed by atoms with van der Waals surface area (Å²) >= 11 is 1.81. The number of aryl methyl sites for hydroxylation is 1. The quantitative estimate of drug-likeness (QED) is 0.813. The number of hydrogen-bond acceptors (Lipinski definition) is 4. The zero-order chi connectivity index (χ0) is 16.2. The van der Waals surface area contributed by atoms with Gasteiger partial charge in [0.15, 0.2) is 5.82 Å². The summed E-state index contributed by atoms with van der Waals surface area (Å²) < 4.78 is 15.1. The lowest BCUT2D eigenvalue weighted by atomic mass is 10.1. The minimum atomic E-state index is -0.203. The van der Waals surface area contributed by atoms with E-state index in [4.69, 9.17) is 10.1 Å². The summed E-state index contributed by atoms with van der Waals surface area (Å²) in [4.78, 5) is 7.15. The third-order valence-corrected chi connectivity index (χ3v) is 4.89. The van der Waals surface area contributed by atoms with Gasteiger partial charge in [0, 0.05) is 24.6 Å². The van der Waals surface area contributed by atoms with E-state index >= 15 is 0 Å². The maximum Gasteiger partial charge on any atom is 0.151 e. The Bertz CT molecular complexity index is 641. The lowest BCUT2D eigenvalue weighted by Gasteiger charge is -2.12. The molecule has 3 rings (SSSR count). The first-order valence-corrected chi connectivity index (χ1v) is 9.40. The van der Waals surface area contributed by atoms with Crippen molar-refractivity contribution in [3.05, 3.63) is 47.3 Å². The molecule has 1 aliphatic rings. The van der Waals surface area contributed by atoms with Crippen LogP contribution >= 0.6 is 11.8 Å². The smallest absolute Gasteiger partial charge is 0.151 e. The summed E-state index contributed by atoms with van der Waals surface area (Å²) in [5, 5.41) is 4.72. The Balaban J connectivity index is 1.83. The van der Waals surface area contributed by atoms with Crippen LogP contribution in [-0.2, 0) is 13.0 Å². The second-order valence-corrected chi connectivity index (χ2v) is 7.15. The van der Waals surface area contributed by atoms with Crippen LogP contribution in [0, 0.1) is 5.82 Å². The van der Waals surface area contributed by atoms with Gasteiger partial charge in [-0.05, 0) is 44.0 Å². The number of thioether (sulfide) groups is 1. The number of nitrogens with zero attached hydrogens (tertiary/aromatic N) is 4. The van der Waals surface area contributed by atoms with Gasteiger partial charge in [-0.25, -0.2) is 14.1 Å². The summed E-state index contributed by atoms with van der Waals surface area (Å²) in [6, 6.07) is 6.65. The average Bonchev–Trinajstić information content (AvgIpc) is 3.14. The first-order chi connectivity index (χ1) is 11.2. The lowest BCUT2D eigenvalue weighted by Crippen LogP contribution is -2.16. The zero-order valence-corrected chi connectivity index (χ0v) is 14.5. The third-order valence-electron chi connectivity index (χ3n) is 4.28. The lowest BCUT2D eigenvalue weighted by molar-refractivity contribution is 0.407. The molecule has 6 heteroatoms. The van der Waals surface area contributed by atoms with Crippen LogP contribution in [0.25, 0.3) is 0 Å². The molecule has 1 atom stereocenters. The van der Waals surface area contributed by atoms with E-state index in [1.807, 2.05) is 28.6 Å². The molecule has 0 bridgehead atoms. The van der Waals surface area contributed by atoms with Gasteiger partial charge in [-0.2, -0.15) is 16.9 Å². The summed E-state index contributed by atoms with van der Waals surface area (Å²) in [5.74, 6) is 3.27. The van der Waals surface area contributed by atoms with Crippen molar-refractivity contribution < 1.29 is 4.39 Å². The normalized spacial score (nSPS) is 18.7. The van der Waals surface area contributed by atoms with Crippen molar-refractivity contribution in [1.82, 2.24) is 19.7 Å². The van der Waals surface area contributed by atoms with Crippen LogP contribution in [0.15, 0.2) is 24.3 Å². The molecular weight excluding hydrogens is 311 g/mol. The second-order valence-electron chi connectivity index (χ2n) is 6.16. The summed E-state index contributed by atoms with van der Waals surface area (Å²) in [7, 11) is 2.15. The van der Waals surface area contributed by atoms with E-state index in [9.17, 15) is 4.39 Å². The molecule has 4 nitrogen and oxygen atoms in total. The molecule has 1 aromatic heterocycles. The van der Waals surface area contributed by atoms with Crippen molar-refractivity contribution in [1.29, 1.82) is 0 Å². The van der Waals surface area contributed by atoms with Gasteiger partial charge in [-0.3, -0.25) is 0 Å². The molecule has 2 aromatic rings. The molecule has 0 aliphatic carbocycles. The van der Waals surface area contributed by atoms with E-state index in [1.54, 1.807) is 0 Å². The summed E-state index contributed by atoms with van der Waals surface area (Å²) in [6.45, 7) is 2.79. The Labute approximate surface area is 141 Å². The first kappa shape index (κ1) is 16.5. The SMILES string of the molecule is CSCCc1nc([C@@H]2CCN(C)C2)n(Cc2ccc(F)cc2)n1. The Morgan fingerprint density at radius 3 is 2.74 bits per heavy atom. The minimum absolute atomic E-state index is 0.203. The highest BCUT2D eigenvalue weighted by Crippen LogP contribution is 2.25. The van der Waals surface area contributed by atoms with Crippen molar-refractivity contribution in [3.63, 3.8) is 0 Å². The number of halogens is 1. The predicted molar refractivity (Wildman–Crippen MR) is 92.5 cm³/mol. The van der Waals surface area contributed by atoms with Crippen LogP contribution in [0.3, 0.4) is 0 Å². The van der Waals surface area contributed by atoms with Crippen molar-refractivity contribution in [2.75, 3.05) is 32.1 Å². The zero-order valence-electron chi connectivity index (χ0n) is 13.7. The number of benzene rings is 1. The second kappa shape index (κ2) is 7.45. The van der Waals surface area contributed by atoms with Crippen molar-refractivity contribution >= 4 is 11.8 Å². The Morgan fingerprint density at radius 2 is 2.09 bits per heavy atom. The van der Waals surface area contributed by atoms with Crippen LogP contribution in [0.2, 0.25) is 0 Å². The molecule has 1 aromatic carbocycles. The van der Waals surface area contributed by atoms with E-state index < -0.39 is 0 Å². The molecule has 0 unspecified atom stereocenters. The standard InChI is InChI=1S/C17H23FN4S/c1-21-9-7-14(12-21)17-19-16(8-10-23-2)20-22(17)11-13-3-5-15(18)6-4-13/h3-6,14H,7-12H2,1-2H3/t14-/m1/s1. The van der Waals surface area contributed by atoms with E-state index in [2.05, 4.69) is 18.2 Å². The van der Waals surface area contributed by atoms with Crippen LogP contribution < -0.4 is 0 Å². The Hall–Kier alpha value is -1.40. The molecule has 2 heterocycles. The highest BCUT2D eigenvalue weighted by Gasteiger charge is 2.26. The molecule has 0 amide bonds. The van der Waals surface area contributed by atoms with Crippen LogP contribution in [0.5, 0.6) is 0 Å². The summed E-state index contributed by atoms with van der Waals surface area (Å²) in [6.07, 6.45) is 4.12. The minimum Gasteiger partial charge on any atom is -0.306 e. The first-order valence-electron chi connectivity index (χ1n) is 8.01. The van der Waals surface area contributed by atoms with E-state index in [-0.39, 0.29) is 5.82 Å². The van der Waals surface area contributed by atoms with Gasteiger partial charge < -0.3 is 4.90 Å². The molecule has 0 radical (unpaired) electrons. The highest BCUT2D eigenvalue weighted by atomic mass is 32.2. The van der Waals surface area contributed by atoms with Crippen LogP contribution in [0.4, 0.5) is 4.39 Å². The molecule has 1 saturated heterocycles. The van der Waals surface area contributed by atoms with Gasteiger partial charge in [0.1, 0.15) is 11.6 Å². The number of likely N-dealkylation sites (N-methyl/N-ethyl adjacent to an activating group) is 1. The molecule has 0 spiro atoms. The molecule has 0 saturated carbocycles. The number of likely N-dealkylation sites (tertiary alicyclic amines) is 1. The van der Waals surface area contributed by atoms with Gasteiger partial charge in [0.05, 0.1) is 6.54 Å². The Kier molecular flexibility index (Phi) is 5.33. The fourth-order valence-electron chi connectivity index (χ4n) is 3.03. The maximum absolute atomic E-state index is 13.1. The number of hydrogen-bond donors (Lipinski definition) is 0. The van der Waals surface area contributed by atoms with Gasteiger partial charge in [0.25, 0.3) is 0 Å². The van der Waals surface area contributed by atoms with E-state index in [0.717, 1.165) is 48.9 Å². The van der Waals surface area contributed by atoms with Crippen LogP contribution in [0.1, 0.15) is 29.6 Å². The molecule has 1 aliphatic heterocycles. The molecule has 0 N–H and O–H groups in total. The average molecular weight is 334 g/mol. The molecule has 1 fully saturated rings. The Morgan fingerprint density at radius 1 is 1.30 bits per heavy atom. The maximum atomic E-state index is 13.1. The van der Waals surface area contributed by atoms with Crippen molar-refractivity contribution in [2.24, 2.45) is 0 Å². The van der Waals surface area contributed by atoms with Gasteiger partial charge >= 0.3 is 0 Å². The largest absolute Gasteiger partial charge is 0.306 e. The fourth-order valence-corrected chi connectivity index (χ4v) is 3.42. The van der Waals surface area contributed by atoms with Crippen LogP contribution in [-0.4, -0.2) is 51.8 Å². The molecule has 23 heavy (non-hydrogen) atoms. The highest BCUT2D eigenvalue weighted by molar-refractivity contribution is 7.98. The summed E-state index contributed by atoms with van der Waals surface area (Å²) in [5.41, 5.74) is 1.06. The fraction of sp³-hybridized carbons (Fsp3) is 0.529. The predicted octanol–water partition coefficient (Wildman–Crippen LogP) is 2.79. The van der Waals surface area contributed by atoms with Crippen molar-refractivity contribution in [2.45, 2.75) is 25.3 Å². The van der Waals surface area contributed by atoms with Gasteiger partial charge in [-0.1, -0.05) is 12.1 Å². The number of aromatic nitrogens is 3. The van der Waals surface area contributed by atoms with Gasteiger partial charge in [0.2, 0.25) is 0 Å². The topological polar surface area (TPSA) is 34.0 Å². The molecule has 124 valence electrons. The van der Waals surface area contributed by atoms with Gasteiger partial charge in [-0.15, -0.1) is 0 Å². The van der Waals surface area contributed by atoms with Crippen molar-refractivity contribution in [3.8, 4) is 0 Å². The van der Waals surface area contributed by atoms with E-state index in [0.29, 0.717) is 12.5 Å². The number of rotatable bonds is 6. The monoisotopic (exact) mass is 334 g/mol. The third kappa shape index (κ3) is 4.12. The molecular formula is C17H23FN4S. The van der Waals surface area contributed by atoms with E-state index in [1.165, 1.54) is 12.1 Å².